The van der Waals surface area contributed by atoms with Gasteiger partial charge in [-0.3, -0.25) is 9.59 Å². The molecule has 0 saturated heterocycles. The highest BCUT2D eigenvalue weighted by Gasteiger charge is 2.26. The highest BCUT2D eigenvalue weighted by Crippen LogP contribution is 2.20. The number of alkyl carbamates (subject to hydrolysis) is 1. The van der Waals surface area contributed by atoms with Gasteiger partial charge in [-0.05, 0) is 47.5 Å². The molecule has 0 bridgehead atoms. The molecule has 0 fully saturated rings. The minimum atomic E-state index is -1.23. The third-order valence-corrected chi connectivity index (χ3v) is 5.61. The summed E-state index contributed by atoms with van der Waals surface area (Å²) in [5.74, 6) is -1.25. The third kappa shape index (κ3) is 9.21. The van der Waals surface area contributed by atoms with Crippen molar-refractivity contribution in [3.63, 3.8) is 0 Å². The van der Waals surface area contributed by atoms with E-state index in [1.54, 1.807) is 24.3 Å². The molecule has 1 atom stereocenters. The number of nitrogens with one attached hydrogen (secondary N) is 2. The van der Waals surface area contributed by atoms with Crippen molar-refractivity contribution in [2.24, 2.45) is 10.2 Å². The number of rotatable bonds is 11. The lowest BCUT2D eigenvalue weighted by Gasteiger charge is -2.18. The van der Waals surface area contributed by atoms with Gasteiger partial charge < -0.3 is 20.1 Å². The molecule has 9 heteroatoms. The van der Waals surface area contributed by atoms with Crippen molar-refractivity contribution in [1.82, 2.24) is 5.32 Å². The molecular weight excluding hydrogens is 508 g/mol. The topological polar surface area (TPSA) is 118 Å². The molecular formula is C31H28N4O5. The van der Waals surface area contributed by atoms with E-state index in [1.165, 1.54) is 0 Å². The maximum absolute atomic E-state index is 13.1. The van der Waals surface area contributed by atoms with Crippen LogP contribution in [0.15, 0.2) is 125 Å². The Morgan fingerprint density at radius 3 is 1.70 bits per heavy atom. The zero-order chi connectivity index (χ0) is 28.0. The average molecular weight is 537 g/mol. The van der Waals surface area contributed by atoms with E-state index < -0.39 is 24.0 Å². The normalized spacial score (nSPS) is 11.4. The molecule has 0 aliphatic carbocycles. The van der Waals surface area contributed by atoms with E-state index in [0.29, 0.717) is 17.1 Å². The molecule has 4 aromatic carbocycles. The summed E-state index contributed by atoms with van der Waals surface area (Å²) in [4.78, 5) is 38.1. The molecule has 0 aliphatic rings. The minimum absolute atomic E-state index is 0.0124. The van der Waals surface area contributed by atoms with Crippen LogP contribution < -0.4 is 10.6 Å². The monoisotopic (exact) mass is 536 g/mol. The molecule has 0 heterocycles. The number of esters is 1. The van der Waals surface area contributed by atoms with Gasteiger partial charge in [-0.25, -0.2) is 4.79 Å². The van der Waals surface area contributed by atoms with E-state index in [-0.39, 0.29) is 19.6 Å². The Morgan fingerprint density at radius 2 is 1.12 bits per heavy atom. The summed E-state index contributed by atoms with van der Waals surface area (Å²) in [6.45, 7) is 0.0594. The van der Waals surface area contributed by atoms with Gasteiger partial charge in [-0.2, -0.15) is 10.2 Å². The maximum Gasteiger partial charge on any atom is 0.408 e. The van der Waals surface area contributed by atoms with E-state index >= 15 is 0 Å². The second kappa shape index (κ2) is 14.6. The Balaban J connectivity index is 1.37. The SMILES string of the molecule is O=C(C[C@H](NC(=O)OCc1ccccc1)C(=O)Nc1ccc(N=Nc2ccccc2)cc1)OCc1ccccc1. The number of benzene rings is 4. The molecule has 4 rings (SSSR count). The van der Waals surface area contributed by atoms with Crippen molar-refractivity contribution in [3.8, 4) is 0 Å². The lowest BCUT2D eigenvalue weighted by atomic mass is 10.2. The quantitative estimate of drug-likeness (QED) is 0.168. The summed E-state index contributed by atoms with van der Waals surface area (Å²) < 4.78 is 10.6. The van der Waals surface area contributed by atoms with Crippen LogP contribution in [0.25, 0.3) is 0 Å². The first-order chi connectivity index (χ1) is 19.5. The standard InChI is InChI=1S/C31H28N4O5/c36-29(39-21-23-10-4-1-5-11-23)20-28(33-31(38)40-22-24-12-6-2-7-13-24)30(37)32-25-16-18-27(19-17-25)35-34-26-14-8-3-9-15-26/h1-19,28H,20-22H2,(H,32,37)(H,33,38)/t28-/m0/s1. The average Bonchev–Trinajstić information content (AvgIpc) is 3.00. The van der Waals surface area contributed by atoms with Gasteiger partial charge in [-0.15, -0.1) is 0 Å². The second-order valence-electron chi connectivity index (χ2n) is 8.68. The molecule has 0 radical (unpaired) electrons. The zero-order valence-electron chi connectivity index (χ0n) is 21.6. The first-order valence-electron chi connectivity index (χ1n) is 12.6. The Bertz CT molecular complexity index is 1360. The molecule has 9 nitrogen and oxygen atoms in total. The van der Waals surface area contributed by atoms with Crippen LogP contribution in [0.3, 0.4) is 0 Å². The van der Waals surface area contributed by atoms with Crippen molar-refractivity contribution in [2.75, 3.05) is 5.32 Å². The van der Waals surface area contributed by atoms with Gasteiger partial charge in [0.2, 0.25) is 5.91 Å². The summed E-state index contributed by atoms with van der Waals surface area (Å²) in [5, 5.41) is 13.5. The van der Waals surface area contributed by atoms with Crippen LogP contribution in [0, 0.1) is 0 Å². The smallest absolute Gasteiger partial charge is 0.408 e. The van der Waals surface area contributed by atoms with E-state index in [4.69, 9.17) is 9.47 Å². The van der Waals surface area contributed by atoms with E-state index in [9.17, 15) is 14.4 Å². The molecule has 202 valence electrons. The number of hydrogen-bond donors (Lipinski definition) is 2. The van der Waals surface area contributed by atoms with Crippen LogP contribution in [0.1, 0.15) is 17.5 Å². The molecule has 0 spiro atoms. The van der Waals surface area contributed by atoms with Gasteiger partial charge in [-0.1, -0.05) is 78.9 Å². The number of carbonyl (C=O) groups is 3. The van der Waals surface area contributed by atoms with Gasteiger partial charge in [0.25, 0.3) is 0 Å². The summed E-state index contributed by atoms with van der Waals surface area (Å²) in [7, 11) is 0. The van der Waals surface area contributed by atoms with Crippen molar-refractivity contribution in [1.29, 1.82) is 0 Å². The molecule has 2 amide bonds. The summed E-state index contributed by atoms with van der Waals surface area (Å²) in [5.41, 5.74) is 3.34. The lowest BCUT2D eigenvalue weighted by molar-refractivity contribution is -0.146. The van der Waals surface area contributed by atoms with Crippen molar-refractivity contribution in [3.05, 3.63) is 126 Å². The summed E-state index contributed by atoms with van der Waals surface area (Å²) in [6.07, 6.45) is -1.22. The Labute approximate surface area is 231 Å². The first-order valence-corrected chi connectivity index (χ1v) is 12.6. The van der Waals surface area contributed by atoms with Gasteiger partial charge in [0.1, 0.15) is 19.3 Å². The molecule has 0 aromatic heterocycles. The molecule has 4 aromatic rings. The largest absolute Gasteiger partial charge is 0.461 e. The second-order valence-corrected chi connectivity index (χ2v) is 8.68. The number of hydrogen-bond acceptors (Lipinski definition) is 7. The van der Waals surface area contributed by atoms with Crippen LogP contribution in [0.5, 0.6) is 0 Å². The molecule has 2 N–H and O–H groups in total. The Hall–Kier alpha value is -5.31. The number of carbonyl (C=O) groups excluding carboxylic acids is 3. The first kappa shape index (κ1) is 27.7. The minimum Gasteiger partial charge on any atom is -0.461 e. The van der Waals surface area contributed by atoms with E-state index in [2.05, 4.69) is 20.9 Å². The van der Waals surface area contributed by atoms with Crippen LogP contribution in [0.4, 0.5) is 21.9 Å². The van der Waals surface area contributed by atoms with Crippen LogP contribution in [-0.4, -0.2) is 24.0 Å². The third-order valence-electron chi connectivity index (χ3n) is 5.61. The Kier molecular flexibility index (Phi) is 10.1. The van der Waals surface area contributed by atoms with Crippen molar-refractivity contribution < 1.29 is 23.9 Å². The van der Waals surface area contributed by atoms with Crippen LogP contribution in [-0.2, 0) is 32.3 Å². The zero-order valence-corrected chi connectivity index (χ0v) is 21.6. The van der Waals surface area contributed by atoms with Crippen LogP contribution in [0.2, 0.25) is 0 Å². The fourth-order valence-corrected chi connectivity index (χ4v) is 3.53. The highest BCUT2D eigenvalue weighted by atomic mass is 16.5. The van der Waals surface area contributed by atoms with Gasteiger partial charge >= 0.3 is 12.1 Å². The fraction of sp³-hybridized carbons (Fsp3) is 0.129. The van der Waals surface area contributed by atoms with Gasteiger partial charge in [0.05, 0.1) is 17.8 Å². The number of anilines is 1. The molecule has 0 aliphatic heterocycles. The van der Waals surface area contributed by atoms with E-state index in [1.807, 2.05) is 91.0 Å². The highest BCUT2D eigenvalue weighted by molar-refractivity contribution is 5.98. The van der Waals surface area contributed by atoms with Crippen molar-refractivity contribution >= 4 is 35.0 Å². The van der Waals surface area contributed by atoms with Crippen LogP contribution >= 0.6 is 0 Å². The number of amides is 2. The predicted octanol–water partition coefficient (Wildman–Crippen LogP) is 6.47. The molecule has 0 unspecified atom stereocenters. The molecule has 0 saturated carbocycles. The van der Waals surface area contributed by atoms with Gasteiger partial charge in [0.15, 0.2) is 0 Å². The number of azo groups is 1. The lowest BCUT2D eigenvalue weighted by Crippen LogP contribution is -2.45. The van der Waals surface area contributed by atoms with E-state index in [0.717, 1.165) is 11.1 Å². The summed E-state index contributed by atoms with van der Waals surface area (Å²) in [6, 6.07) is 33.0. The number of ether oxygens (including phenoxy) is 2. The fourth-order valence-electron chi connectivity index (χ4n) is 3.53. The van der Waals surface area contributed by atoms with Crippen molar-refractivity contribution in [2.45, 2.75) is 25.7 Å². The maximum atomic E-state index is 13.1. The van der Waals surface area contributed by atoms with Gasteiger partial charge in [0, 0.05) is 5.69 Å². The summed E-state index contributed by atoms with van der Waals surface area (Å²) >= 11 is 0. The Morgan fingerprint density at radius 1 is 0.625 bits per heavy atom. The molecule has 40 heavy (non-hydrogen) atoms. The number of nitrogens with zero attached hydrogens (tertiary/aromatic N) is 2. The predicted molar refractivity (Wildman–Crippen MR) is 150 cm³/mol.